The molecule has 4 saturated heterocycles. The third kappa shape index (κ3) is 7.88. The number of aromatic hydroxyl groups is 1. The highest BCUT2D eigenvalue weighted by molar-refractivity contribution is 6.09. The van der Waals surface area contributed by atoms with Gasteiger partial charge in [-0.1, -0.05) is 30.3 Å². The van der Waals surface area contributed by atoms with Crippen LogP contribution in [0.1, 0.15) is 72.8 Å². The maximum absolute atomic E-state index is 13.7. The molecule has 0 radical (unpaired) electrons. The smallest absolute Gasteiger partial charge is 0.328 e. The number of urea groups is 1. The number of rotatable bonds is 8. The topological polar surface area (TPSA) is 162 Å². The van der Waals surface area contributed by atoms with E-state index in [9.17, 15) is 19.5 Å². The van der Waals surface area contributed by atoms with E-state index in [4.69, 9.17) is 10.5 Å². The zero-order valence-electron chi connectivity index (χ0n) is 34.3. The van der Waals surface area contributed by atoms with Crippen LogP contribution in [0.2, 0.25) is 0 Å². The van der Waals surface area contributed by atoms with Crippen LogP contribution in [0.4, 0.5) is 22.0 Å². The van der Waals surface area contributed by atoms with Crippen LogP contribution in [-0.4, -0.2) is 106 Å². The minimum Gasteiger partial charge on any atom is -0.507 e. The number of aryl methyl sites for hydroxylation is 1. The lowest BCUT2D eigenvalue weighted by molar-refractivity contribution is -0.120. The standard InChI is InChI=1S/C46H53N9O5/c1-29-24-36-38(54-23-18-43(57)48-46(54)59)7-5-8-39(36)55(29)34-16-19-51(20-17-34)27-31-14-21-52(22-15-31)45(58)33-12-10-32(11-13-33)42-28-53(26-30(2)60-42)40-25-37(49-50-44(40)47)35-6-3-4-9-41(35)56/h3-13,24-25,30-31,34,42,56H,14-23,26-28H2,1-2H3,(H2,47,50)(H,48,57,59)/t30-,42-/m0/s1. The van der Waals surface area contributed by atoms with Gasteiger partial charge in [0.2, 0.25) is 5.91 Å². The molecule has 4 N–H and O–H groups in total. The van der Waals surface area contributed by atoms with Gasteiger partial charge in [-0.2, -0.15) is 0 Å². The quantitative estimate of drug-likeness (QED) is 0.162. The number of nitrogen functional groups attached to an aromatic ring is 1. The molecule has 2 atom stereocenters. The molecule has 4 amide bonds. The number of hydrogen-bond acceptors (Lipinski definition) is 10. The number of piperidine rings is 2. The predicted molar refractivity (Wildman–Crippen MR) is 231 cm³/mol. The Balaban J connectivity index is 0.772. The van der Waals surface area contributed by atoms with Crippen LogP contribution in [0.5, 0.6) is 5.75 Å². The lowest BCUT2D eigenvalue weighted by Gasteiger charge is -2.39. The highest BCUT2D eigenvalue weighted by Gasteiger charge is 2.32. The number of nitrogens with two attached hydrogens (primary N) is 1. The van der Waals surface area contributed by atoms with Crippen LogP contribution in [0.25, 0.3) is 22.2 Å². The number of nitrogens with one attached hydrogen (secondary N) is 1. The van der Waals surface area contributed by atoms with Crippen molar-refractivity contribution in [2.45, 2.75) is 64.2 Å². The van der Waals surface area contributed by atoms with Gasteiger partial charge in [0.25, 0.3) is 5.91 Å². The number of hydrogen-bond donors (Lipinski definition) is 3. The molecule has 0 saturated carbocycles. The Morgan fingerprint density at radius 2 is 1.65 bits per heavy atom. The Labute approximate surface area is 349 Å². The Kier molecular flexibility index (Phi) is 10.9. The molecule has 4 aliphatic rings. The maximum Gasteiger partial charge on any atom is 0.328 e. The van der Waals surface area contributed by atoms with Crippen LogP contribution in [-0.2, 0) is 9.53 Å². The molecule has 0 bridgehead atoms. The van der Waals surface area contributed by atoms with Crippen molar-refractivity contribution < 1.29 is 24.2 Å². The first-order valence-electron chi connectivity index (χ1n) is 21.2. The second-order valence-corrected chi connectivity index (χ2v) is 16.9. The highest BCUT2D eigenvalue weighted by atomic mass is 16.5. The first-order chi connectivity index (χ1) is 29.1. The number of fused-ring (bicyclic) bond motifs is 1. The van der Waals surface area contributed by atoms with E-state index >= 15 is 0 Å². The van der Waals surface area contributed by atoms with Crippen LogP contribution < -0.4 is 20.9 Å². The summed E-state index contributed by atoms with van der Waals surface area (Å²) >= 11 is 0. The van der Waals surface area contributed by atoms with E-state index < -0.39 is 0 Å². The van der Waals surface area contributed by atoms with Crippen molar-refractivity contribution in [1.29, 1.82) is 0 Å². The molecule has 4 fully saturated rings. The fourth-order valence-corrected chi connectivity index (χ4v) is 9.75. The second kappa shape index (κ2) is 16.6. The van der Waals surface area contributed by atoms with E-state index in [2.05, 4.69) is 48.9 Å². The lowest BCUT2D eigenvalue weighted by Crippen LogP contribution is -2.49. The highest BCUT2D eigenvalue weighted by Crippen LogP contribution is 2.37. The third-order valence-corrected chi connectivity index (χ3v) is 12.8. The number of anilines is 3. The molecule has 0 aliphatic carbocycles. The van der Waals surface area contributed by atoms with Crippen LogP contribution in [0.3, 0.4) is 0 Å². The van der Waals surface area contributed by atoms with Gasteiger partial charge in [-0.3, -0.25) is 19.8 Å². The molecule has 60 heavy (non-hydrogen) atoms. The van der Waals surface area contributed by atoms with Gasteiger partial charge in [0.05, 0.1) is 28.7 Å². The largest absolute Gasteiger partial charge is 0.507 e. The monoisotopic (exact) mass is 811 g/mol. The number of carbonyl (C=O) groups is 3. The zero-order valence-corrected chi connectivity index (χ0v) is 34.3. The zero-order chi connectivity index (χ0) is 41.5. The SMILES string of the molecule is Cc1cc2c(N3CCC(=O)NC3=O)cccc2n1C1CCN(CC2CCN(C(=O)c3ccc([C@@H]4CN(c5cc(-c6ccccc6O)nnc5N)C[C@H](C)O4)cc3)CC2)CC1. The van der Waals surface area contributed by atoms with Gasteiger partial charge < -0.3 is 34.8 Å². The first-order valence-corrected chi connectivity index (χ1v) is 21.2. The summed E-state index contributed by atoms with van der Waals surface area (Å²) in [5.74, 6) is 0.843. The van der Waals surface area contributed by atoms with E-state index in [1.54, 1.807) is 23.1 Å². The van der Waals surface area contributed by atoms with E-state index in [1.165, 1.54) is 5.69 Å². The van der Waals surface area contributed by atoms with Gasteiger partial charge in [-0.25, -0.2) is 4.79 Å². The third-order valence-electron chi connectivity index (χ3n) is 12.8. The summed E-state index contributed by atoms with van der Waals surface area (Å²) in [7, 11) is 0. The van der Waals surface area contributed by atoms with Crippen molar-refractivity contribution in [2.24, 2.45) is 5.92 Å². The number of nitrogens with zero attached hydrogens (tertiary/aromatic N) is 7. The maximum atomic E-state index is 13.7. The number of benzene rings is 3. The van der Waals surface area contributed by atoms with Gasteiger partial charge >= 0.3 is 6.03 Å². The van der Waals surface area contributed by atoms with Crippen molar-refractivity contribution in [2.75, 3.05) is 67.9 Å². The number of phenols is 1. The van der Waals surface area contributed by atoms with Crippen molar-refractivity contribution >= 4 is 45.9 Å². The number of para-hydroxylation sites is 1. The van der Waals surface area contributed by atoms with Crippen LogP contribution in [0.15, 0.2) is 78.9 Å². The van der Waals surface area contributed by atoms with E-state index in [0.29, 0.717) is 60.7 Å². The minimum atomic E-state index is -0.357. The molecule has 14 heteroatoms. The average molecular weight is 812 g/mol. The summed E-state index contributed by atoms with van der Waals surface area (Å²) in [6.07, 6.45) is 4.08. The van der Waals surface area contributed by atoms with E-state index in [0.717, 1.165) is 86.2 Å². The molecular formula is C46H53N9O5. The summed E-state index contributed by atoms with van der Waals surface area (Å²) in [6, 6.07) is 25.1. The predicted octanol–water partition coefficient (Wildman–Crippen LogP) is 6.30. The van der Waals surface area contributed by atoms with Gasteiger partial charge in [-0.15, -0.1) is 10.2 Å². The van der Waals surface area contributed by atoms with Crippen molar-refractivity contribution in [1.82, 2.24) is 29.9 Å². The Hall–Kier alpha value is -5.99. The van der Waals surface area contributed by atoms with Crippen LogP contribution >= 0.6 is 0 Å². The number of imide groups is 1. The summed E-state index contributed by atoms with van der Waals surface area (Å²) < 4.78 is 8.83. The Morgan fingerprint density at radius 3 is 2.40 bits per heavy atom. The van der Waals surface area contributed by atoms with Crippen molar-refractivity contribution in [3.63, 3.8) is 0 Å². The van der Waals surface area contributed by atoms with Crippen molar-refractivity contribution in [3.8, 4) is 17.0 Å². The molecule has 2 aromatic heterocycles. The van der Waals surface area contributed by atoms with Gasteiger partial charge in [-0.05, 0) is 99.5 Å². The number of phenolic OH excluding ortho intramolecular Hbond substituents is 1. The number of aromatic nitrogens is 3. The Bertz CT molecular complexity index is 2400. The molecule has 5 aromatic rings. The lowest BCUT2D eigenvalue weighted by atomic mass is 9.94. The Morgan fingerprint density at radius 1 is 0.883 bits per heavy atom. The average Bonchev–Trinajstić information content (AvgIpc) is 3.60. The number of morpholine rings is 1. The second-order valence-electron chi connectivity index (χ2n) is 16.9. The summed E-state index contributed by atoms with van der Waals surface area (Å²) in [4.78, 5) is 46.6. The van der Waals surface area contributed by atoms with Gasteiger partial charge in [0.15, 0.2) is 5.82 Å². The fraction of sp³-hybridized carbons (Fsp3) is 0.413. The summed E-state index contributed by atoms with van der Waals surface area (Å²) in [5, 5.41) is 22.4. The van der Waals surface area contributed by atoms with E-state index in [1.807, 2.05) is 60.4 Å². The molecule has 6 heterocycles. The molecule has 9 rings (SSSR count). The molecule has 3 aromatic carbocycles. The first kappa shape index (κ1) is 39.5. The summed E-state index contributed by atoms with van der Waals surface area (Å²) in [5.41, 5.74) is 13.1. The van der Waals surface area contributed by atoms with Crippen molar-refractivity contribution in [3.05, 3.63) is 95.7 Å². The minimum absolute atomic E-state index is 0.0691. The molecule has 312 valence electrons. The molecule has 14 nitrogen and oxygen atoms in total. The number of ether oxygens (including phenoxy) is 1. The van der Waals surface area contributed by atoms with Gasteiger partial charge in [0.1, 0.15) is 11.9 Å². The molecule has 0 spiro atoms. The molecule has 0 unspecified atom stereocenters. The number of carbonyl (C=O) groups excluding carboxylic acids is 3. The molecule has 4 aliphatic heterocycles. The normalized spacial score (nSPS) is 21.1. The summed E-state index contributed by atoms with van der Waals surface area (Å²) in [6.45, 7) is 10.4. The number of likely N-dealkylation sites (tertiary alicyclic amines) is 2. The molecular weight excluding hydrogens is 759 g/mol. The van der Waals surface area contributed by atoms with Crippen LogP contribution in [0, 0.1) is 12.8 Å². The number of amides is 4. The van der Waals surface area contributed by atoms with E-state index in [-0.39, 0.29) is 35.8 Å². The van der Waals surface area contributed by atoms with Gasteiger partial charge in [0, 0.05) is 87.0 Å². The fourth-order valence-electron chi connectivity index (χ4n) is 9.75.